The summed E-state index contributed by atoms with van der Waals surface area (Å²) in [6, 6.07) is 9.68. The molecule has 0 aliphatic carbocycles. The molecule has 0 atom stereocenters. The number of anilines is 2. The zero-order valence-electron chi connectivity index (χ0n) is 14.3. The number of pyridine rings is 1. The third-order valence-electron chi connectivity index (χ3n) is 4.58. The Labute approximate surface area is 143 Å². The molecule has 1 aromatic heterocycles. The Kier molecular flexibility index (Phi) is 5.11. The molecule has 0 radical (unpaired) electrons. The number of benzene rings is 1. The van der Waals surface area contributed by atoms with Crippen LogP contribution in [0.15, 0.2) is 42.7 Å². The summed E-state index contributed by atoms with van der Waals surface area (Å²) in [6.07, 6.45) is 3.43. The number of piperazine rings is 1. The topological polar surface area (TPSA) is 48.5 Å². The third kappa shape index (κ3) is 3.74. The van der Waals surface area contributed by atoms with Crippen molar-refractivity contribution in [1.82, 2.24) is 9.88 Å². The highest BCUT2D eigenvalue weighted by Gasteiger charge is 2.16. The van der Waals surface area contributed by atoms with Gasteiger partial charge in [0.05, 0.1) is 0 Å². The van der Waals surface area contributed by atoms with E-state index in [-0.39, 0.29) is 5.91 Å². The Morgan fingerprint density at radius 1 is 1.12 bits per heavy atom. The molecule has 0 saturated carbocycles. The smallest absolute Gasteiger partial charge is 0.255 e. The number of aromatic nitrogens is 1. The van der Waals surface area contributed by atoms with E-state index in [2.05, 4.69) is 27.0 Å². The largest absolute Gasteiger partial charge is 0.369 e. The number of rotatable bonds is 4. The lowest BCUT2D eigenvalue weighted by Crippen LogP contribution is -2.46. The Morgan fingerprint density at radius 3 is 2.46 bits per heavy atom. The van der Waals surface area contributed by atoms with Gasteiger partial charge in [0, 0.05) is 55.5 Å². The number of carbonyl (C=O) groups excluding carboxylic acids is 1. The molecular formula is C19H24N4O. The average molecular weight is 324 g/mol. The van der Waals surface area contributed by atoms with Gasteiger partial charge in [-0.15, -0.1) is 0 Å². The zero-order valence-corrected chi connectivity index (χ0v) is 14.3. The van der Waals surface area contributed by atoms with Crippen molar-refractivity contribution in [3.8, 4) is 0 Å². The molecule has 5 heteroatoms. The summed E-state index contributed by atoms with van der Waals surface area (Å²) in [7, 11) is 0. The summed E-state index contributed by atoms with van der Waals surface area (Å²) < 4.78 is 0. The maximum absolute atomic E-state index is 12.4. The molecule has 1 saturated heterocycles. The molecule has 3 rings (SSSR count). The van der Waals surface area contributed by atoms with Crippen molar-refractivity contribution in [2.24, 2.45) is 0 Å². The predicted molar refractivity (Wildman–Crippen MR) is 97.7 cm³/mol. The van der Waals surface area contributed by atoms with Crippen LogP contribution in [-0.2, 0) is 0 Å². The van der Waals surface area contributed by atoms with E-state index in [9.17, 15) is 4.79 Å². The van der Waals surface area contributed by atoms with Crippen LogP contribution >= 0.6 is 0 Å². The molecule has 1 aromatic carbocycles. The Bertz CT molecular complexity index is 691. The van der Waals surface area contributed by atoms with Gasteiger partial charge < -0.3 is 15.1 Å². The van der Waals surface area contributed by atoms with Crippen LogP contribution < -0.4 is 10.2 Å². The van der Waals surface area contributed by atoms with Gasteiger partial charge in [0.1, 0.15) is 0 Å². The number of hydrogen-bond acceptors (Lipinski definition) is 4. The van der Waals surface area contributed by atoms with Crippen molar-refractivity contribution in [2.75, 3.05) is 42.9 Å². The van der Waals surface area contributed by atoms with Gasteiger partial charge in [-0.3, -0.25) is 9.78 Å². The highest BCUT2D eigenvalue weighted by Crippen LogP contribution is 2.19. The fourth-order valence-corrected chi connectivity index (χ4v) is 2.95. The van der Waals surface area contributed by atoms with Gasteiger partial charge in [-0.1, -0.05) is 6.92 Å². The average Bonchev–Trinajstić information content (AvgIpc) is 2.64. The summed E-state index contributed by atoms with van der Waals surface area (Å²) in [5.41, 5.74) is 3.61. The zero-order chi connectivity index (χ0) is 16.9. The minimum absolute atomic E-state index is 0.0911. The van der Waals surface area contributed by atoms with Gasteiger partial charge in [0.25, 0.3) is 5.91 Å². The fourth-order valence-electron chi connectivity index (χ4n) is 2.95. The number of nitrogens with zero attached hydrogens (tertiary/aromatic N) is 3. The van der Waals surface area contributed by atoms with E-state index in [1.807, 2.05) is 37.3 Å². The molecule has 1 N–H and O–H groups in total. The van der Waals surface area contributed by atoms with Gasteiger partial charge in [-0.05, 0) is 49.4 Å². The lowest BCUT2D eigenvalue weighted by Gasteiger charge is -2.35. The number of likely N-dealkylation sites (N-methyl/N-ethyl adjacent to an activating group) is 1. The molecule has 2 aromatic rings. The normalized spacial score (nSPS) is 15.3. The number of nitrogens with one attached hydrogen (secondary N) is 1. The maximum atomic E-state index is 12.4. The van der Waals surface area contributed by atoms with Crippen molar-refractivity contribution >= 4 is 17.3 Å². The second kappa shape index (κ2) is 7.45. The Balaban J connectivity index is 1.64. The van der Waals surface area contributed by atoms with Crippen molar-refractivity contribution in [3.63, 3.8) is 0 Å². The highest BCUT2D eigenvalue weighted by molar-refractivity contribution is 6.04. The van der Waals surface area contributed by atoms with E-state index >= 15 is 0 Å². The Hall–Kier alpha value is -2.40. The first-order valence-corrected chi connectivity index (χ1v) is 8.46. The van der Waals surface area contributed by atoms with Crippen molar-refractivity contribution in [1.29, 1.82) is 0 Å². The second-order valence-electron chi connectivity index (χ2n) is 6.11. The standard InChI is InChI=1S/C19H24N4O/c1-3-22-10-12-23(13-11-22)17-6-4-16(5-7-17)19(24)21-18-8-9-20-14-15(18)2/h4-9,14H,3,10-13H2,1-2H3,(H,20,21,24). The molecule has 24 heavy (non-hydrogen) atoms. The maximum Gasteiger partial charge on any atom is 0.255 e. The molecule has 0 unspecified atom stereocenters. The monoisotopic (exact) mass is 324 g/mol. The van der Waals surface area contributed by atoms with Crippen molar-refractivity contribution in [3.05, 3.63) is 53.9 Å². The van der Waals surface area contributed by atoms with Gasteiger partial charge in [-0.2, -0.15) is 0 Å². The van der Waals surface area contributed by atoms with Gasteiger partial charge >= 0.3 is 0 Å². The minimum atomic E-state index is -0.0911. The summed E-state index contributed by atoms with van der Waals surface area (Å²) in [5, 5.41) is 2.94. The molecule has 126 valence electrons. The van der Waals surface area contributed by atoms with Crippen LogP contribution in [0.2, 0.25) is 0 Å². The molecule has 1 aliphatic heterocycles. The summed E-state index contributed by atoms with van der Waals surface area (Å²) in [4.78, 5) is 21.3. The first kappa shape index (κ1) is 16.5. The SMILES string of the molecule is CCN1CCN(c2ccc(C(=O)Nc3ccncc3C)cc2)CC1. The van der Waals surface area contributed by atoms with Gasteiger partial charge in [0.2, 0.25) is 0 Å². The first-order chi connectivity index (χ1) is 11.7. The van der Waals surface area contributed by atoms with E-state index in [4.69, 9.17) is 0 Å². The number of carbonyl (C=O) groups is 1. The van der Waals surface area contributed by atoms with Gasteiger partial charge in [0.15, 0.2) is 0 Å². The van der Waals surface area contributed by atoms with Crippen molar-refractivity contribution < 1.29 is 4.79 Å². The molecule has 2 heterocycles. The number of aryl methyl sites for hydroxylation is 1. The van der Waals surface area contributed by atoms with Crippen LogP contribution in [0, 0.1) is 6.92 Å². The third-order valence-corrected chi connectivity index (χ3v) is 4.58. The summed E-state index contributed by atoms with van der Waals surface area (Å²) in [5.74, 6) is -0.0911. The lowest BCUT2D eigenvalue weighted by molar-refractivity contribution is 0.102. The van der Waals surface area contributed by atoms with Crippen molar-refractivity contribution in [2.45, 2.75) is 13.8 Å². The van der Waals surface area contributed by atoms with E-state index < -0.39 is 0 Å². The molecular weight excluding hydrogens is 300 g/mol. The van der Waals surface area contributed by atoms with Gasteiger partial charge in [-0.25, -0.2) is 0 Å². The minimum Gasteiger partial charge on any atom is -0.369 e. The fraction of sp³-hybridized carbons (Fsp3) is 0.368. The molecule has 1 aliphatic rings. The van der Waals surface area contributed by atoms with Crippen LogP contribution in [0.5, 0.6) is 0 Å². The van der Waals surface area contributed by atoms with E-state index in [1.54, 1.807) is 12.4 Å². The lowest BCUT2D eigenvalue weighted by atomic mass is 10.1. The first-order valence-electron chi connectivity index (χ1n) is 8.46. The molecule has 0 bridgehead atoms. The molecule has 1 fully saturated rings. The summed E-state index contributed by atoms with van der Waals surface area (Å²) >= 11 is 0. The number of hydrogen-bond donors (Lipinski definition) is 1. The molecule has 0 spiro atoms. The molecule has 1 amide bonds. The Morgan fingerprint density at radius 2 is 1.83 bits per heavy atom. The number of amides is 1. The van der Waals surface area contributed by atoms with Crippen LogP contribution in [0.1, 0.15) is 22.8 Å². The van der Waals surface area contributed by atoms with Crippen LogP contribution in [0.3, 0.4) is 0 Å². The van der Waals surface area contributed by atoms with E-state index in [1.165, 1.54) is 5.69 Å². The van der Waals surface area contributed by atoms with E-state index in [0.717, 1.165) is 44.0 Å². The van der Waals surface area contributed by atoms with Crippen LogP contribution in [0.25, 0.3) is 0 Å². The van der Waals surface area contributed by atoms with Crippen LogP contribution in [-0.4, -0.2) is 48.5 Å². The van der Waals surface area contributed by atoms with E-state index in [0.29, 0.717) is 5.56 Å². The molecule has 5 nitrogen and oxygen atoms in total. The second-order valence-corrected chi connectivity index (χ2v) is 6.11. The van der Waals surface area contributed by atoms with Crippen LogP contribution in [0.4, 0.5) is 11.4 Å². The quantitative estimate of drug-likeness (QED) is 0.939. The summed E-state index contributed by atoms with van der Waals surface area (Å²) in [6.45, 7) is 9.52. The highest BCUT2D eigenvalue weighted by atomic mass is 16.1. The predicted octanol–water partition coefficient (Wildman–Crippen LogP) is 2.78.